The summed E-state index contributed by atoms with van der Waals surface area (Å²) >= 11 is 0. The number of carbonyl (C=O) groups is 1. The summed E-state index contributed by atoms with van der Waals surface area (Å²) in [4.78, 5) is 11.0. The molecular formula is C9H16F3NO. The SMILES string of the molecule is CC(C)C(=O)NCCCCC(F)(F)F. The molecular weight excluding hydrogens is 195 g/mol. The van der Waals surface area contributed by atoms with Crippen molar-refractivity contribution in [3.05, 3.63) is 0 Å². The summed E-state index contributed by atoms with van der Waals surface area (Å²) in [5, 5.41) is 2.56. The molecule has 0 aliphatic heterocycles. The van der Waals surface area contributed by atoms with Crippen molar-refractivity contribution >= 4 is 5.91 Å². The molecule has 1 amide bonds. The fourth-order valence-corrected chi connectivity index (χ4v) is 0.866. The van der Waals surface area contributed by atoms with Gasteiger partial charge >= 0.3 is 6.18 Å². The Bertz CT molecular complexity index is 177. The van der Waals surface area contributed by atoms with Gasteiger partial charge in [-0.15, -0.1) is 0 Å². The van der Waals surface area contributed by atoms with Gasteiger partial charge in [0.1, 0.15) is 0 Å². The minimum Gasteiger partial charge on any atom is -0.356 e. The van der Waals surface area contributed by atoms with Crippen LogP contribution in [0, 0.1) is 5.92 Å². The first-order valence-electron chi connectivity index (χ1n) is 4.67. The number of unbranched alkanes of at least 4 members (excludes halogenated alkanes) is 1. The zero-order valence-electron chi connectivity index (χ0n) is 8.45. The highest BCUT2D eigenvalue weighted by Crippen LogP contribution is 2.21. The number of hydrogen-bond donors (Lipinski definition) is 1. The van der Waals surface area contributed by atoms with Crippen LogP contribution >= 0.6 is 0 Å². The smallest absolute Gasteiger partial charge is 0.356 e. The first-order valence-corrected chi connectivity index (χ1v) is 4.67. The number of carbonyl (C=O) groups excluding carboxylic acids is 1. The predicted molar refractivity (Wildman–Crippen MR) is 47.8 cm³/mol. The quantitative estimate of drug-likeness (QED) is 0.695. The molecule has 0 aromatic heterocycles. The molecule has 84 valence electrons. The van der Waals surface area contributed by atoms with E-state index in [2.05, 4.69) is 5.32 Å². The van der Waals surface area contributed by atoms with Crippen molar-refractivity contribution in [2.45, 2.75) is 39.3 Å². The van der Waals surface area contributed by atoms with Gasteiger partial charge in [0.05, 0.1) is 0 Å². The van der Waals surface area contributed by atoms with Crippen molar-refractivity contribution in [1.82, 2.24) is 5.32 Å². The summed E-state index contributed by atoms with van der Waals surface area (Å²) in [6.45, 7) is 3.81. The standard InChI is InChI=1S/C9H16F3NO/c1-7(2)8(14)13-6-4-3-5-9(10,11)12/h7H,3-6H2,1-2H3,(H,13,14). The highest BCUT2D eigenvalue weighted by Gasteiger charge is 2.25. The maximum atomic E-state index is 11.7. The normalized spacial score (nSPS) is 11.9. The molecule has 0 spiro atoms. The van der Waals surface area contributed by atoms with Crippen molar-refractivity contribution in [2.24, 2.45) is 5.92 Å². The van der Waals surface area contributed by atoms with Gasteiger partial charge in [-0.1, -0.05) is 13.8 Å². The van der Waals surface area contributed by atoms with Crippen molar-refractivity contribution in [3.63, 3.8) is 0 Å². The summed E-state index contributed by atoms with van der Waals surface area (Å²) in [5.74, 6) is -0.227. The molecule has 14 heavy (non-hydrogen) atoms. The van der Waals surface area contributed by atoms with E-state index in [0.29, 0.717) is 13.0 Å². The molecule has 0 bridgehead atoms. The molecule has 5 heteroatoms. The lowest BCUT2D eigenvalue weighted by Crippen LogP contribution is -2.28. The second-order valence-electron chi connectivity index (χ2n) is 3.52. The van der Waals surface area contributed by atoms with E-state index < -0.39 is 12.6 Å². The van der Waals surface area contributed by atoms with Crippen LogP contribution in [0.5, 0.6) is 0 Å². The molecule has 0 radical (unpaired) electrons. The Kier molecular flexibility index (Phi) is 5.57. The third-order valence-electron chi connectivity index (χ3n) is 1.71. The van der Waals surface area contributed by atoms with Crippen molar-refractivity contribution in [1.29, 1.82) is 0 Å². The number of alkyl halides is 3. The first kappa shape index (κ1) is 13.3. The molecule has 0 aliphatic rings. The largest absolute Gasteiger partial charge is 0.389 e. The summed E-state index contributed by atoms with van der Waals surface area (Å²) in [6, 6.07) is 0. The van der Waals surface area contributed by atoms with Crippen molar-refractivity contribution in [2.75, 3.05) is 6.54 Å². The minimum absolute atomic E-state index is 0.0713. The second kappa shape index (κ2) is 5.88. The van der Waals surface area contributed by atoms with Crippen LogP contribution in [0.1, 0.15) is 33.1 Å². The first-order chi connectivity index (χ1) is 6.33. The van der Waals surface area contributed by atoms with E-state index in [-0.39, 0.29) is 18.2 Å². The van der Waals surface area contributed by atoms with Gasteiger partial charge < -0.3 is 5.32 Å². The van der Waals surface area contributed by atoms with Crippen LogP contribution in [-0.4, -0.2) is 18.6 Å². The third-order valence-corrected chi connectivity index (χ3v) is 1.71. The van der Waals surface area contributed by atoms with E-state index in [1.807, 2.05) is 0 Å². The van der Waals surface area contributed by atoms with Gasteiger partial charge in [-0.2, -0.15) is 13.2 Å². The molecule has 0 saturated carbocycles. The predicted octanol–water partition coefficient (Wildman–Crippen LogP) is 2.49. The van der Waals surface area contributed by atoms with Crippen LogP contribution in [0.3, 0.4) is 0 Å². The number of halogens is 3. The fraction of sp³-hybridized carbons (Fsp3) is 0.889. The van der Waals surface area contributed by atoms with Crippen molar-refractivity contribution < 1.29 is 18.0 Å². The van der Waals surface area contributed by atoms with E-state index in [4.69, 9.17) is 0 Å². The molecule has 2 nitrogen and oxygen atoms in total. The summed E-state index contributed by atoms with van der Waals surface area (Å²) < 4.78 is 35.0. The van der Waals surface area contributed by atoms with Gasteiger partial charge in [-0.3, -0.25) is 4.79 Å². The highest BCUT2D eigenvalue weighted by molar-refractivity contribution is 5.77. The Morgan fingerprint density at radius 3 is 2.29 bits per heavy atom. The lowest BCUT2D eigenvalue weighted by Gasteiger charge is -2.08. The van der Waals surface area contributed by atoms with Gasteiger partial charge in [0, 0.05) is 18.9 Å². The molecule has 0 heterocycles. The van der Waals surface area contributed by atoms with Crippen LogP contribution < -0.4 is 5.32 Å². The number of nitrogens with one attached hydrogen (secondary N) is 1. The molecule has 0 rings (SSSR count). The van der Waals surface area contributed by atoms with Crippen molar-refractivity contribution in [3.8, 4) is 0 Å². The summed E-state index contributed by atoms with van der Waals surface area (Å²) in [5.41, 5.74) is 0. The Balaban J connectivity index is 3.35. The molecule has 0 aromatic carbocycles. The number of hydrogen-bond acceptors (Lipinski definition) is 1. The van der Waals surface area contributed by atoms with Gasteiger partial charge in [0.2, 0.25) is 5.91 Å². The summed E-state index contributed by atoms with van der Waals surface area (Å²) in [7, 11) is 0. The molecule has 0 saturated heterocycles. The van der Waals surface area contributed by atoms with Gasteiger partial charge in [0.15, 0.2) is 0 Å². The topological polar surface area (TPSA) is 29.1 Å². The average Bonchev–Trinajstić information content (AvgIpc) is 2.01. The highest BCUT2D eigenvalue weighted by atomic mass is 19.4. The Hall–Kier alpha value is -0.740. The maximum absolute atomic E-state index is 11.7. The van der Waals surface area contributed by atoms with Crippen LogP contribution in [0.25, 0.3) is 0 Å². The van der Waals surface area contributed by atoms with E-state index in [9.17, 15) is 18.0 Å². The third kappa shape index (κ3) is 7.89. The average molecular weight is 211 g/mol. The van der Waals surface area contributed by atoms with Gasteiger partial charge in [-0.05, 0) is 12.8 Å². The van der Waals surface area contributed by atoms with E-state index in [0.717, 1.165) is 0 Å². The zero-order valence-corrected chi connectivity index (χ0v) is 8.45. The lowest BCUT2D eigenvalue weighted by atomic mass is 10.2. The summed E-state index contributed by atoms with van der Waals surface area (Å²) in [6.07, 6.45) is -4.41. The maximum Gasteiger partial charge on any atom is 0.389 e. The molecule has 0 aromatic rings. The Morgan fingerprint density at radius 2 is 1.86 bits per heavy atom. The van der Waals surface area contributed by atoms with E-state index in [1.54, 1.807) is 13.8 Å². The molecule has 0 aliphatic carbocycles. The zero-order chi connectivity index (χ0) is 11.2. The van der Waals surface area contributed by atoms with Crippen LogP contribution in [0.15, 0.2) is 0 Å². The molecule has 1 N–H and O–H groups in total. The van der Waals surface area contributed by atoms with Crippen LogP contribution in [0.2, 0.25) is 0 Å². The molecule has 0 fully saturated rings. The minimum atomic E-state index is -4.08. The monoisotopic (exact) mass is 211 g/mol. The fourth-order valence-electron chi connectivity index (χ4n) is 0.866. The number of amides is 1. The molecule has 0 atom stereocenters. The van der Waals surface area contributed by atoms with Crippen LogP contribution in [-0.2, 0) is 4.79 Å². The molecule has 0 unspecified atom stereocenters. The van der Waals surface area contributed by atoms with Gasteiger partial charge in [-0.25, -0.2) is 0 Å². The van der Waals surface area contributed by atoms with E-state index in [1.165, 1.54) is 0 Å². The Labute approximate surface area is 81.9 Å². The van der Waals surface area contributed by atoms with Gasteiger partial charge in [0.25, 0.3) is 0 Å². The van der Waals surface area contributed by atoms with Crippen LogP contribution in [0.4, 0.5) is 13.2 Å². The van der Waals surface area contributed by atoms with E-state index >= 15 is 0 Å². The lowest BCUT2D eigenvalue weighted by molar-refractivity contribution is -0.135. The second-order valence-corrected chi connectivity index (χ2v) is 3.52. The number of rotatable bonds is 5. The Morgan fingerprint density at radius 1 is 1.29 bits per heavy atom.